The zero-order valence-corrected chi connectivity index (χ0v) is 11.2. The summed E-state index contributed by atoms with van der Waals surface area (Å²) in [5.41, 5.74) is 1.42. The molecule has 1 heterocycles. The van der Waals surface area contributed by atoms with E-state index in [1.54, 1.807) is 17.9 Å². The van der Waals surface area contributed by atoms with Crippen molar-refractivity contribution in [1.82, 2.24) is 9.78 Å². The Hall–Kier alpha value is -1.84. The summed E-state index contributed by atoms with van der Waals surface area (Å²) < 4.78 is 1.60. The minimum atomic E-state index is -0.774. The molecule has 3 aromatic rings. The minimum Gasteiger partial charge on any atom is -0.382 e. The molecule has 4 heteroatoms. The van der Waals surface area contributed by atoms with Crippen LogP contribution in [0.4, 0.5) is 0 Å². The number of fused-ring (bicyclic) bond motifs is 1. The van der Waals surface area contributed by atoms with Gasteiger partial charge in [0.15, 0.2) is 0 Å². The summed E-state index contributed by atoms with van der Waals surface area (Å²) >= 11 is 6.06. The number of aromatic nitrogens is 2. The van der Waals surface area contributed by atoms with Crippen LogP contribution in [0.1, 0.15) is 17.4 Å². The van der Waals surface area contributed by atoms with Gasteiger partial charge in [0.05, 0.1) is 16.9 Å². The molecule has 0 radical (unpaired) electrons. The highest BCUT2D eigenvalue weighted by atomic mass is 35.5. The van der Waals surface area contributed by atoms with Crippen LogP contribution in [0.5, 0.6) is 0 Å². The molecule has 0 saturated carbocycles. The number of nitrogens with zero attached hydrogens (tertiary/aromatic N) is 2. The number of aliphatic hydroxyl groups excluding tert-OH is 1. The maximum atomic E-state index is 10.5. The van der Waals surface area contributed by atoms with Gasteiger partial charge < -0.3 is 5.11 Å². The number of halogens is 1. The molecule has 0 amide bonds. The van der Waals surface area contributed by atoms with Crippen molar-refractivity contribution in [2.75, 3.05) is 0 Å². The van der Waals surface area contributed by atoms with Crippen LogP contribution in [0.3, 0.4) is 0 Å². The first-order chi connectivity index (χ1) is 9.16. The third-order valence-electron chi connectivity index (χ3n) is 3.29. The highest BCUT2D eigenvalue weighted by Crippen LogP contribution is 2.29. The van der Waals surface area contributed by atoms with Crippen molar-refractivity contribution in [2.45, 2.75) is 6.10 Å². The molecular weight excluding hydrogens is 260 g/mol. The van der Waals surface area contributed by atoms with Gasteiger partial charge in [-0.2, -0.15) is 5.10 Å². The standard InChI is InChI=1S/C15H13ClN2O/c1-18-14(13(16)9-17-18)15(19)12-7-6-10-4-2-3-5-11(10)8-12/h2-9,15,19H,1H3. The second kappa shape index (κ2) is 4.68. The molecule has 0 bridgehead atoms. The van der Waals surface area contributed by atoms with Crippen LogP contribution in [0.25, 0.3) is 10.8 Å². The molecule has 1 unspecified atom stereocenters. The highest BCUT2D eigenvalue weighted by molar-refractivity contribution is 6.31. The lowest BCUT2D eigenvalue weighted by Crippen LogP contribution is -2.07. The second-order valence-corrected chi connectivity index (χ2v) is 4.92. The van der Waals surface area contributed by atoms with Crippen LogP contribution < -0.4 is 0 Å². The van der Waals surface area contributed by atoms with Crippen LogP contribution in [-0.2, 0) is 7.05 Å². The van der Waals surface area contributed by atoms with E-state index in [2.05, 4.69) is 5.10 Å². The minimum absolute atomic E-state index is 0.475. The molecule has 1 N–H and O–H groups in total. The number of hydrogen-bond acceptors (Lipinski definition) is 2. The van der Waals surface area contributed by atoms with Gasteiger partial charge in [-0.25, -0.2) is 0 Å². The number of aryl methyl sites for hydroxylation is 1. The van der Waals surface area contributed by atoms with Gasteiger partial charge in [-0.15, -0.1) is 0 Å². The summed E-state index contributed by atoms with van der Waals surface area (Å²) in [6.07, 6.45) is 0.769. The lowest BCUT2D eigenvalue weighted by Gasteiger charge is -2.13. The molecule has 3 nitrogen and oxygen atoms in total. The van der Waals surface area contributed by atoms with Crippen molar-refractivity contribution >= 4 is 22.4 Å². The zero-order chi connectivity index (χ0) is 13.4. The maximum Gasteiger partial charge on any atom is 0.122 e. The Balaban J connectivity index is 2.09. The molecule has 0 fully saturated rings. The van der Waals surface area contributed by atoms with Crippen molar-refractivity contribution < 1.29 is 5.11 Å². The first-order valence-electron chi connectivity index (χ1n) is 6.01. The second-order valence-electron chi connectivity index (χ2n) is 4.51. The molecule has 0 aliphatic carbocycles. The van der Waals surface area contributed by atoms with Gasteiger partial charge in [0.1, 0.15) is 6.10 Å². The molecule has 0 aliphatic heterocycles. The van der Waals surface area contributed by atoms with Crippen LogP contribution in [0.15, 0.2) is 48.7 Å². The Bertz CT molecular complexity index is 716. The third-order valence-corrected chi connectivity index (χ3v) is 3.58. The van der Waals surface area contributed by atoms with Crippen LogP contribution in [0, 0.1) is 0 Å². The quantitative estimate of drug-likeness (QED) is 0.777. The normalized spacial score (nSPS) is 12.8. The lowest BCUT2D eigenvalue weighted by atomic mass is 10.0. The Morgan fingerprint density at radius 2 is 1.89 bits per heavy atom. The van der Waals surface area contributed by atoms with Crippen molar-refractivity contribution in [2.24, 2.45) is 7.05 Å². The van der Waals surface area contributed by atoms with E-state index in [4.69, 9.17) is 11.6 Å². The fourth-order valence-corrected chi connectivity index (χ4v) is 2.53. The van der Waals surface area contributed by atoms with E-state index in [9.17, 15) is 5.11 Å². The summed E-state index contributed by atoms with van der Waals surface area (Å²) in [5, 5.41) is 17.2. The van der Waals surface area contributed by atoms with Gasteiger partial charge in [0.2, 0.25) is 0 Å². The highest BCUT2D eigenvalue weighted by Gasteiger charge is 2.18. The number of hydrogen-bond donors (Lipinski definition) is 1. The molecule has 96 valence electrons. The van der Waals surface area contributed by atoms with E-state index in [0.717, 1.165) is 16.3 Å². The van der Waals surface area contributed by atoms with Gasteiger partial charge >= 0.3 is 0 Å². The average Bonchev–Trinajstić information content (AvgIpc) is 2.77. The molecule has 0 aliphatic rings. The van der Waals surface area contributed by atoms with Crippen LogP contribution in [0.2, 0.25) is 5.02 Å². The zero-order valence-electron chi connectivity index (χ0n) is 10.4. The van der Waals surface area contributed by atoms with Gasteiger partial charge in [-0.3, -0.25) is 4.68 Å². The van der Waals surface area contributed by atoms with Gasteiger partial charge in [0.25, 0.3) is 0 Å². The predicted octanol–water partition coefficient (Wildman–Crippen LogP) is 3.31. The van der Waals surface area contributed by atoms with Crippen molar-refractivity contribution in [3.63, 3.8) is 0 Å². The van der Waals surface area contributed by atoms with E-state index in [0.29, 0.717) is 10.7 Å². The Morgan fingerprint density at radius 1 is 1.16 bits per heavy atom. The molecule has 1 aromatic heterocycles. The molecule has 0 spiro atoms. The molecule has 1 atom stereocenters. The lowest BCUT2D eigenvalue weighted by molar-refractivity contribution is 0.210. The first-order valence-corrected chi connectivity index (χ1v) is 6.39. The molecular formula is C15H13ClN2O. The average molecular weight is 273 g/mol. The summed E-state index contributed by atoms with van der Waals surface area (Å²) in [5.74, 6) is 0. The number of benzene rings is 2. The Labute approximate surface area is 116 Å². The first kappa shape index (κ1) is 12.2. The van der Waals surface area contributed by atoms with E-state index in [1.165, 1.54) is 0 Å². The van der Waals surface area contributed by atoms with Gasteiger partial charge in [-0.05, 0) is 22.4 Å². The molecule has 0 saturated heterocycles. The van der Waals surface area contributed by atoms with Crippen molar-refractivity contribution in [3.8, 4) is 0 Å². The summed E-state index contributed by atoms with van der Waals surface area (Å²) in [4.78, 5) is 0. The number of rotatable bonds is 2. The Morgan fingerprint density at radius 3 is 2.58 bits per heavy atom. The van der Waals surface area contributed by atoms with E-state index in [-0.39, 0.29) is 0 Å². The van der Waals surface area contributed by atoms with E-state index in [1.807, 2.05) is 42.5 Å². The monoisotopic (exact) mass is 272 g/mol. The topological polar surface area (TPSA) is 38.0 Å². The van der Waals surface area contributed by atoms with E-state index >= 15 is 0 Å². The predicted molar refractivity (Wildman–Crippen MR) is 76.2 cm³/mol. The molecule has 19 heavy (non-hydrogen) atoms. The third kappa shape index (κ3) is 2.11. The molecule has 3 rings (SSSR count). The number of aliphatic hydroxyl groups is 1. The SMILES string of the molecule is Cn1ncc(Cl)c1C(O)c1ccc2ccccc2c1. The summed E-state index contributed by atoms with van der Waals surface area (Å²) in [6.45, 7) is 0. The summed E-state index contributed by atoms with van der Waals surface area (Å²) in [7, 11) is 1.77. The fraction of sp³-hybridized carbons (Fsp3) is 0.133. The fourth-order valence-electron chi connectivity index (χ4n) is 2.26. The van der Waals surface area contributed by atoms with Crippen LogP contribution >= 0.6 is 11.6 Å². The summed E-state index contributed by atoms with van der Waals surface area (Å²) in [6, 6.07) is 13.9. The molecule has 2 aromatic carbocycles. The van der Waals surface area contributed by atoms with Crippen molar-refractivity contribution in [1.29, 1.82) is 0 Å². The van der Waals surface area contributed by atoms with E-state index < -0.39 is 6.10 Å². The van der Waals surface area contributed by atoms with Gasteiger partial charge in [-0.1, -0.05) is 48.0 Å². The smallest absolute Gasteiger partial charge is 0.122 e. The van der Waals surface area contributed by atoms with Crippen molar-refractivity contribution in [3.05, 3.63) is 64.9 Å². The van der Waals surface area contributed by atoms with Gasteiger partial charge in [0, 0.05) is 7.05 Å². The largest absolute Gasteiger partial charge is 0.382 e. The Kier molecular flexibility index (Phi) is 3.01. The van der Waals surface area contributed by atoms with Crippen LogP contribution in [-0.4, -0.2) is 14.9 Å². The maximum absolute atomic E-state index is 10.5.